The van der Waals surface area contributed by atoms with Crippen molar-refractivity contribution in [1.82, 2.24) is 0 Å². The first-order valence-electron chi connectivity index (χ1n) is 26.0. The predicted octanol–water partition coefficient (Wildman–Crippen LogP) is 17.3. The van der Waals surface area contributed by atoms with Crippen LogP contribution in [0.2, 0.25) is 0 Å². The number of unbranched alkanes of at least 4 members (excludes halogenated alkanes) is 14. The van der Waals surface area contributed by atoms with Gasteiger partial charge in [0.2, 0.25) is 0 Å². The van der Waals surface area contributed by atoms with Crippen LogP contribution in [-0.4, -0.2) is 37.2 Å². The number of ether oxygens (including phenoxy) is 3. The monoisotopic (exact) mass is 899 g/mol. The van der Waals surface area contributed by atoms with Crippen molar-refractivity contribution in [3.8, 4) is 0 Å². The molecule has 0 aromatic rings. The molecule has 0 saturated carbocycles. The van der Waals surface area contributed by atoms with Gasteiger partial charge < -0.3 is 14.2 Å². The first-order valence-corrected chi connectivity index (χ1v) is 26.0. The molecule has 6 heteroatoms. The molecule has 0 N–H and O–H groups in total. The highest BCUT2D eigenvalue weighted by molar-refractivity contribution is 5.71. The Balaban J connectivity index is 4.56. The second-order valence-electron chi connectivity index (χ2n) is 16.7. The van der Waals surface area contributed by atoms with E-state index in [-0.39, 0.29) is 44.0 Å². The van der Waals surface area contributed by atoms with Crippen molar-refractivity contribution in [3.05, 3.63) is 122 Å². The quantitative estimate of drug-likeness (QED) is 0.0262. The van der Waals surface area contributed by atoms with Crippen LogP contribution in [-0.2, 0) is 28.6 Å². The molecule has 0 rings (SSSR count). The van der Waals surface area contributed by atoms with E-state index < -0.39 is 6.10 Å². The summed E-state index contributed by atoms with van der Waals surface area (Å²) >= 11 is 0. The fraction of sp³-hybridized carbons (Fsp3) is 0.610. The van der Waals surface area contributed by atoms with Crippen LogP contribution in [0.15, 0.2) is 122 Å². The SMILES string of the molecule is CC/C=C\C/C=C\C/C=C\C/C=C\C/C=C\C/C=C\CCC(=O)OC[C@@H](COC(=O)CCCCCCC/C=C\CCCCCC)OC(=O)CCCCCCC/C=C\C/C=C\C/C=C\CC. The van der Waals surface area contributed by atoms with Gasteiger partial charge in [0.1, 0.15) is 13.2 Å². The highest BCUT2D eigenvalue weighted by Crippen LogP contribution is 2.12. The van der Waals surface area contributed by atoms with Gasteiger partial charge in [-0.05, 0) is 116 Å². The molecule has 0 fully saturated rings. The molecular formula is C59H94O6. The maximum Gasteiger partial charge on any atom is 0.306 e. The maximum atomic E-state index is 12.8. The number of carbonyl (C=O) groups excluding carboxylic acids is 3. The molecule has 0 spiro atoms. The molecule has 1 atom stereocenters. The standard InChI is InChI=1S/C59H94O6/c1-4-7-10-13-16-19-22-25-27-28-29-30-32-34-37-40-43-46-49-52-58(61)64-55-56(54-63-57(60)51-48-45-42-39-36-33-24-21-18-15-12-9-6-3)65-59(62)53-50-47-44-41-38-35-31-26-23-20-17-14-11-8-5-2/h7-8,10-11,16-17,19-21,24-27,29-31,34,37,43,46,56H,4-6,9,12-15,18,22-23,28,32-33,35-36,38-42,44-45,47-55H2,1-3H3/b10-7-,11-8-,19-16-,20-17-,24-21-,27-25-,30-29-,31-26-,37-34-,46-43-/t56-/m1/s1. The van der Waals surface area contributed by atoms with Gasteiger partial charge in [-0.25, -0.2) is 0 Å². The lowest BCUT2D eigenvalue weighted by Crippen LogP contribution is -2.30. The minimum atomic E-state index is -0.824. The third-order valence-electron chi connectivity index (χ3n) is 10.4. The number of hydrogen-bond acceptors (Lipinski definition) is 6. The van der Waals surface area contributed by atoms with Gasteiger partial charge in [-0.3, -0.25) is 14.4 Å². The van der Waals surface area contributed by atoms with E-state index in [0.29, 0.717) is 12.8 Å². The van der Waals surface area contributed by atoms with E-state index in [2.05, 4.69) is 130 Å². The summed E-state index contributed by atoms with van der Waals surface area (Å²) in [6, 6.07) is 0. The zero-order valence-corrected chi connectivity index (χ0v) is 41.7. The summed E-state index contributed by atoms with van der Waals surface area (Å²) in [4.78, 5) is 38.0. The minimum absolute atomic E-state index is 0.116. The van der Waals surface area contributed by atoms with Crippen molar-refractivity contribution in [2.24, 2.45) is 0 Å². The molecular weight excluding hydrogens is 805 g/mol. The van der Waals surface area contributed by atoms with Gasteiger partial charge >= 0.3 is 17.9 Å². The van der Waals surface area contributed by atoms with Crippen molar-refractivity contribution >= 4 is 17.9 Å². The Morgan fingerprint density at radius 3 is 1.05 bits per heavy atom. The number of hydrogen-bond donors (Lipinski definition) is 0. The second kappa shape index (κ2) is 52.4. The van der Waals surface area contributed by atoms with Crippen LogP contribution >= 0.6 is 0 Å². The van der Waals surface area contributed by atoms with Crippen molar-refractivity contribution < 1.29 is 28.6 Å². The summed E-state index contributed by atoms with van der Waals surface area (Å²) in [6.45, 7) is 6.29. The first-order chi connectivity index (χ1) is 32.0. The molecule has 0 aromatic heterocycles. The molecule has 0 unspecified atom stereocenters. The Morgan fingerprint density at radius 2 is 0.631 bits per heavy atom. The summed E-state index contributed by atoms with van der Waals surface area (Å²) in [6.07, 6.45) is 71.9. The highest BCUT2D eigenvalue weighted by Gasteiger charge is 2.19. The highest BCUT2D eigenvalue weighted by atomic mass is 16.6. The lowest BCUT2D eigenvalue weighted by Gasteiger charge is -2.18. The van der Waals surface area contributed by atoms with Crippen molar-refractivity contribution in [1.29, 1.82) is 0 Å². The normalized spacial score (nSPS) is 13.1. The van der Waals surface area contributed by atoms with Gasteiger partial charge in [0, 0.05) is 19.3 Å². The van der Waals surface area contributed by atoms with Crippen molar-refractivity contribution in [2.45, 2.75) is 219 Å². The summed E-state index contributed by atoms with van der Waals surface area (Å²) in [5.74, 6) is -1.04. The molecule has 0 aromatic carbocycles. The summed E-state index contributed by atoms with van der Waals surface area (Å²) in [7, 11) is 0. The number of esters is 3. The summed E-state index contributed by atoms with van der Waals surface area (Å²) in [5.41, 5.74) is 0. The van der Waals surface area contributed by atoms with E-state index in [4.69, 9.17) is 14.2 Å². The van der Waals surface area contributed by atoms with Crippen LogP contribution in [0.25, 0.3) is 0 Å². The Labute approximate surface area is 399 Å². The third kappa shape index (κ3) is 50.7. The molecule has 65 heavy (non-hydrogen) atoms. The van der Waals surface area contributed by atoms with Crippen LogP contribution in [0.1, 0.15) is 213 Å². The zero-order chi connectivity index (χ0) is 47.2. The smallest absolute Gasteiger partial charge is 0.306 e. The van der Waals surface area contributed by atoms with Gasteiger partial charge in [-0.1, -0.05) is 200 Å². The molecule has 0 aliphatic heterocycles. The van der Waals surface area contributed by atoms with E-state index >= 15 is 0 Å². The van der Waals surface area contributed by atoms with Gasteiger partial charge in [0.05, 0.1) is 0 Å². The number of carbonyl (C=O) groups is 3. The molecule has 6 nitrogen and oxygen atoms in total. The molecule has 0 radical (unpaired) electrons. The molecule has 0 aliphatic rings. The van der Waals surface area contributed by atoms with E-state index in [1.807, 2.05) is 12.2 Å². The maximum absolute atomic E-state index is 12.8. The lowest BCUT2D eigenvalue weighted by molar-refractivity contribution is -0.166. The molecule has 366 valence electrons. The summed E-state index contributed by atoms with van der Waals surface area (Å²) in [5, 5.41) is 0. The van der Waals surface area contributed by atoms with Crippen LogP contribution in [0.4, 0.5) is 0 Å². The average Bonchev–Trinajstić information content (AvgIpc) is 3.30. The third-order valence-corrected chi connectivity index (χ3v) is 10.4. The Bertz CT molecular complexity index is 1400. The predicted molar refractivity (Wildman–Crippen MR) is 279 cm³/mol. The van der Waals surface area contributed by atoms with E-state index in [1.54, 1.807) is 0 Å². The second-order valence-corrected chi connectivity index (χ2v) is 16.7. The van der Waals surface area contributed by atoms with Crippen LogP contribution in [0.3, 0.4) is 0 Å². The van der Waals surface area contributed by atoms with Gasteiger partial charge in [0.25, 0.3) is 0 Å². The summed E-state index contributed by atoms with van der Waals surface area (Å²) < 4.78 is 16.7. The number of allylic oxidation sites excluding steroid dienone is 20. The topological polar surface area (TPSA) is 78.9 Å². The average molecular weight is 899 g/mol. The largest absolute Gasteiger partial charge is 0.462 e. The van der Waals surface area contributed by atoms with E-state index in [1.165, 1.54) is 38.5 Å². The Kier molecular flexibility index (Phi) is 49.1. The molecule has 0 bridgehead atoms. The van der Waals surface area contributed by atoms with Crippen LogP contribution in [0.5, 0.6) is 0 Å². The Morgan fingerprint density at radius 1 is 0.323 bits per heavy atom. The fourth-order valence-electron chi connectivity index (χ4n) is 6.59. The molecule has 0 aliphatic carbocycles. The van der Waals surface area contributed by atoms with Gasteiger partial charge in [0.15, 0.2) is 6.10 Å². The van der Waals surface area contributed by atoms with Crippen molar-refractivity contribution in [2.75, 3.05) is 13.2 Å². The van der Waals surface area contributed by atoms with E-state index in [9.17, 15) is 14.4 Å². The molecule has 0 heterocycles. The molecule has 0 saturated heterocycles. The number of rotatable bonds is 45. The minimum Gasteiger partial charge on any atom is -0.462 e. The van der Waals surface area contributed by atoms with Crippen LogP contribution in [0, 0.1) is 0 Å². The van der Waals surface area contributed by atoms with Gasteiger partial charge in [-0.2, -0.15) is 0 Å². The van der Waals surface area contributed by atoms with Gasteiger partial charge in [-0.15, -0.1) is 0 Å². The fourth-order valence-corrected chi connectivity index (χ4v) is 6.59. The van der Waals surface area contributed by atoms with Crippen molar-refractivity contribution in [3.63, 3.8) is 0 Å². The van der Waals surface area contributed by atoms with Crippen LogP contribution < -0.4 is 0 Å². The lowest BCUT2D eigenvalue weighted by atomic mass is 10.1. The van der Waals surface area contributed by atoms with E-state index in [0.717, 1.165) is 128 Å². The first kappa shape index (κ1) is 60.8. The Hall–Kier alpha value is -4.19. The molecule has 0 amide bonds. The zero-order valence-electron chi connectivity index (χ0n) is 41.7.